The van der Waals surface area contributed by atoms with E-state index in [9.17, 15) is 19.1 Å². The van der Waals surface area contributed by atoms with Crippen LogP contribution in [0.3, 0.4) is 0 Å². The summed E-state index contributed by atoms with van der Waals surface area (Å²) in [5.74, 6) is -3.05. The van der Waals surface area contributed by atoms with Crippen LogP contribution in [0.4, 0.5) is 13.9 Å². The van der Waals surface area contributed by atoms with Crippen LogP contribution in [0.15, 0.2) is 72.3 Å². The molecular formula is C28H22F2N2O4S. The molecule has 0 radical (unpaired) electrons. The van der Waals surface area contributed by atoms with Gasteiger partial charge in [0.15, 0.2) is 5.13 Å². The molecule has 2 heterocycles. The molecule has 1 N–H and O–H groups in total. The number of fused-ring (bicyclic) bond motifs is 1. The summed E-state index contributed by atoms with van der Waals surface area (Å²) in [6.07, 6.45) is 1.80. The Labute approximate surface area is 215 Å². The second-order valence-corrected chi connectivity index (χ2v) is 9.54. The third-order valence-electron chi connectivity index (χ3n) is 6.06. The van der Waals surface area contributed by atoms with Crippen LogP contribution in [0.25, 0.3) is 16.0 Å². The molecule has 1 aromatic heterocycles. The van der Waals surface area contributed by atoms with Crippen LogP contribution in [-0.2, 0) is 9.59 Å². The Morgan fingerprint density at radius 3 is 2.68 bits per heavy atom. The van der Waals surface area contributed by atoms with Crippen LogP contribution >= 0.6 is 11.3 Å². The third kappa shape index (κ3) is 4.58. The minimum Gasteiger partial charge on any atom is -0.507 e. The van der Waals surface area contributed by atoms with Crippen LogP contribution in [0, 0.1) is 11.6 Å². The topological polar surface area (TPSA) is 79.7 Å². The van der Waals surface area contributed by atoms with Gasteiger partial charge in [-0.25, -0.2) is 13.8 Å². The van der Waals surface area contributed by atoms with Crippen LogP contribution in [0.2, 0.25) is 0 Å². The molecule has 1 aliphatic rings. The van der Waals surface area contributed by atoms with Crippen molar-refractivity contribution in [3.63, 3.8) is 0 Å². The van der Waals surface area contributed by atoms with Crippen LogP contribution in [-0.4, -0.2) is 28.4 Å². The molecule has 0 bridgehead atoms. The monoisotopic (exact) mass is 520 g/mol. The fourth-order valence-corrected chi connectivity index (χ4v) is 5.25. The summed E-state index contributed by atoms with van der Waals surface area (Å²) in [6.45, 7) is 2.52. The highest BCUT2D eigenvalue weighted by atomic mass is 32.1. The Kier molecular flexibility index (Phi) is 6.71. The summed E-state index contributed by atoms with van der Waals surface area (Å²) < 4.78 is 35.0. The van der Waals surface area contributed by atoms with Gasteiger partial charge < -0.3 is 9.84 Å². The number of aromatic nitrogens is 1. The number of hydrogen-bond donors (Lipinski definition) is 1. The summed E-state index contributed by atoms with van der Waals surface area (Å²) in [5.41, 5.74) is 0.419. The number of carbonyl (C=O) groups is 2. The molecule has 1 aliphatic heterocycles. The van der Waals surface area contributed by atoms with E-state index in [2.05, 4.69) is 4.98 Å². The lowest BCUT2D eigenvalue weighted by atomic mass is 9.95. The van der Waals surface area contributed by atoms with Gasteiger partial charge in [0.2, 0.25) is 0 Å². The zero-order valence-electron chi connectivity index (χ0n) is 19.8. The predicted molar refractivity (Wildman–Crippen MR) is 138 cm³/mol. The number of halogens is 2. The minimum absolute atomic E-state index is 0.0176. The lowest BCUT2D eigenvalue weighted by Gasteiger charge is -2.23. The number of amides is 1. The second-order valence-electron chi connectivity index (χ2n) is 8.53. The van der Waals surface area contributed by atoms with Gasteiger partial charge in [-0.3, -0.25) is 14.5 Å². The summed E-state index contributed by atoms with van der Waals surface area (Å²) in [4.78, 5) is 32.1. The molecule has 0 aliphatic carbocycles. The molecule has 1 fully saturated rings. The maximum absolute atomic E-state index is 15.1. The molecule has 3 aromatic carbocycles. The van der Waals surface area contributed by atoms with Gasteiger partial charge in [0.05, 0.1) is 22.4 Å². The van der Waals surface area contributed by atoms with Gasteiger partial charge in [-0.15, -0.1) is 0 Å². The van der Waals surface area contributed by atoms with E-state index in [1.54, 1.807) is 30.3 Å². The molecular weight excluding hydrogens is 498 g/mol. The van der Waals surface area contributed by atoms with Crippen molar-refractivity contribution in [3.05, 3.63) is 95.1 Å². The molecule has 1 saturated heterocycles. The molecule has 4 aromatic rings. The first kappa shape index (κ1) is 24.6. The standard InChI is InChI=1S/C28H22F2N2O4S/c1-2-3-13-36-18-8-6-7-16(14-18)25(33)23-24(19-9-4-5-10-20(19)30)32(27(35)26(23)34)28-31-21-12-11-17(29)15-22(21)37-28/h4-12,14-15,24,33H,2-3,13H2,1H3. The van der Waals surface area contributed by atoms with Gasteiger partial charge in [0, 0.05) is 11.1 Å². The van der Waals surface area contributed by atoms with Crippen molar-refractivity contribution in [3.8, 4) is 5.75 Å². The molecule has 188 valence electrons. The van der Waals surface area contributed by atoms with Gasteiger partial charge >= 0.3 is 5.91 Å². The first-order valence-corrected chi connectivity index (χ1v) is 12.6. The zero-order chi connectivity index (χ0) is 26.1. The van der Waals surface area contributed by atoms with Gasteiger partial charge in [-0.05, 0) is 42.8 Å². The van der Waals surface area contributed by atoms with E-state index in [1.807, 2.05) is 6.92 Å². The molecule has 5 rings (SSSR count). The number of aliphatic hydroxyl groups excluding tert-OH is 1. The number of hydrogen-bond acceptors (Lipinski definition) is 6. The normalized spacial score (nSPS) is 17.1. The Balaban J connectivity index is 1.66. The average molecular weight is 521 g/mol. The maximum Gasteiger partial charge on any atom is 0.301 e. The number of carbonyl (C=O) groups excluding carboxylic acids is 2. The summed E-state index contributed by atoms with van der Waals surface area (Å²) in [7, 11) is 0. The number of anilines is 1. The van der Waals surface area contributed by atoms with Crippen molar-refractivity contribution in [1.29, 1.82) is 0 Å². The molecule has 1 atom stereocenters. The molecule has 1 unspecified atom stereocenters. The van der Waals surface area contributed by atoms with Gasteiger partial charge in [0.25, 0.3) is 5.78 Å². The minimum atomic E-state index is -1.28. The van der Waals surface area contributed by atoms with E-state index in [4.69, 9.17) is 4.74 Å². The number of ketones is 1. The van der Waals surface area contributed by atoms with Crippen LogP contribution in [0.1, 0.15) is 36.9 Å². The predicted octanol–water partition coefficient (Wildman–Crippen LogP) is 6.38. The number of thiazole rings is 1. The highest BCUT2D eigenvalue weighted by molar-refractivity contribution is 7.22. The van der Waals surface area contributed by atoms with E-state index in [0.29, 0.717) is 22.6 Å². The smallest absolute Gasteiger partial charge is 0.301 e. The molecule has 6 nitrogen and oxygen atoms in total. The highest BCUT2D eigenvalue weighted by Gasteiger charge is 2.49. The number of rotatable bonds is 7. The number of aliphatic hydroxyl groups is 1. The quantitative estimate of drug-likeness (QED) is 0.132. The number of nitrogens with zero attached hydrogens (tertiary/aromatic N) is 2. The van der Waals surface area contributed by atoms with Crippen molar-refractivity contribution in [1.82, 2.24) is 4.98 Å². The molecule has 0 saturated carbocycles. The molecule has 37 heavy (non-hydrogen) atoms. The van der Waals surface area contributed by atoms with E-state index >= 15 is 4.39 Å². The van der Waals surface area contributed by atoms with E-state index in [0.717, 1.165) is 29.1 Å². The zero-order valence-corrected chi connectivity index (χ0v) is 20.6. The summed E-state index contributed by atoms with van der Waals surface area (Å²) in [5, 5.41) is 11.4. The maximum atomic E-state index is 15.1. The largest absolute Gasteiger partial charge is 0.507 e. The fraction of sp³-hybridized carbons (Fsp3) is 0.179. The van der Waals surface area contributed by atoms with Crippen molar-refractivity contribution in [2.75, 3.05) is 11.5 Å². The average Bonchev–Trinajstić information content (AvgIpc) is 3.42. The van der Waals surface area contributed by atoms with E-state index < -0.39 is 35.1 Å². The van der Waals surface area contributed by atoms with Crippen molar-refractivity contribution >= 4 is 44.1 Å². The second kappa shape index (κ2) is 10.1. The third-order valence-corrected chi connectivity index (χ3v) is 7.08. The highest BCUT2D eigenvalue weighted by Crippen LogP contribution is 2.45. The van der Waals surface area contributed by atoms with Gasteiger partial charge in [0.1, 0.15) is 29.2 Å². The number of benzene rings is 3. The van der Waals surface area contributed by atoms with Crippen LogP contribution in [0.5, 0.6) is 5.75 Å². The Bertz CT molecular complexity index is 1550. The molecule has 0 spiro atoms. The SMILES string of the molecule is CCCCOc1cccc(C(O)=C2C(=O)C(=O)N(c3nc4ccc(F)cc4s3)C2c2ccccc2F)c1. The Hall–Kier alpha value is -4.11. The lowest BCUT2D eigenvalue weighted by molar-refractivity contribution is -0.132. The fourth-order valence-electron chi connectivity index (χ4n) is 4.23. The number of ether oxygens (including phenoxy) is 1. The van der Waals surface area contributed by atoms with Crippen molar-refractivity contribution < 1.29 is 28.2 Å². The van der Waals surface area contributed by atoms with Crippen LogP contribution < -0.4 is 9.64 Å². The van der Waals surface area contributed by atoms with E-state index in [1.165, 1.54) is 36.4 Å². The summed E-state index contributed by atoms with van der Waals surface area (Å²) >= 11 is 0.997. The Morgan fingerprint density at radius 2 is 1.89 bits per heavy atom. The number of unbranched alkanes of at least 4 members (excludes halogenated alkanes) is 1. The van der Waals surface area contributed by atoms with Gasteiger partial charge in [-0.1, -0.05) is 55.0 Å². The first-order chi connectivity index (χ1) is 17.9. The number of Topliss-reactive ketones (excluding diaryl/α,β-unsaturated/α-hetero) is 1. The van der Waals surface area contributed by atoms with Crippen molar-refractivity contribution in [2.45, 2.75) is 25.8 Å². The Morgan fingerprint density at radius 1 is 1.08 bits per heavy atom. The molecule has 9 heteroatoms. The van der Waals surface area contributed by atoms with E-state index in [-0.39, 0.29) is 21.8 Å². The van der Waals surface area contributed by atoms with Crippen molar-refractivity contribution in [2.24, 2.45) is 0 Å². The first-order valence-electron chi connectivity index (χ1n) is 11.7. The lowest BCUT2D eigenvalue weighted by Crippen LogP contribution is -2.29. The summed E-state index contributed by atoms with van der Waals surface area (Å²) in [6, 6.07) is 14.9. The molecule has 1 amide bonds. The van der Waals surface area contributed by atoms with Gasteiger partial charge in [-0.2, -0.15) is 0 Å².